The number of urea groups is 1. The molecule has 1 unspecified atom stereocenters. The molecule has 0 aromatic rings. The van der Waals surface area contributed by atoms with Crippen molar-refractivity contribution in [3.63, 3.8) is 0 Å². The van der Waals surface area contributed by atoms with Crippen LogP contribution in [0.2, 0.25) is 0 Å². The molecule has 0 aromatic carbocycles. The average molecular weight is 320 g/mol. The third kappa shape index (κ3) is 4.37. The van der Waals surface area contributed by atoms with Gasteiger partial charge in [0.05, 0.1) is 5.92 Å². The summed E-state index contributed by atoms with van der Waals surface area (Å²) in [7, 11) is 1.51. The minimum atomic E-state index is -0.448. The maximum atomic E-state index is 12.7. The monoisotopic (exact) mass is 320 g/mol. The number of likely N-dealkylation sites (tertiary alicyclic amines) is 1. The van der Waals surface area contributed by atoms with Gasteiger partial charge in [-0.1, -0.05) is 32.1 Å². The Kier molecular flexibility index (Phi) is 6.26. The molecule has 0 aromatic heterocycles. The predicted octanol–water partition coefficient (Wildman–Crippen LogP) is 2.45. The van der Waals surface area contributed by atoms with Gasteiger partial charge in [0, 0.05) is 19.6 Å². The number of nitrogens with zero attached hydrogens (tertiary/aromatic N) is 3. The van der Waals surface area contributed by atoms with Crippen molar-refractivity contribution in [3.05, 3.63) is 0 Å². The lowest BCUT2D eigenvalue weighted by molar-refractivity contribution is -0.134. The second kappa shape index (κ2) is 8.19. The smallest absolute Gasteiger partial charge is 0.315 e. The maximum Gasteiger partial charge on any atom is 0.315 e. The van der Waals surface area contributed by atoms with Crippen LogP contribution in [0.4, 0.5) is 4.79 Å². The van der Waals surface area contributed by atoms with Gasteiger partial charge in [0.2, 0.25) is 5.91 Å². The van der Waals surface area contributed by atoms with Crippen LogP contribution in [0, 0.1) is 23.3 Å². The quantitative estimate of drug-likeness (QED) is 0.637. The molecule has 0 spiro atoms. The van der Waals surface area contributed by atoms with Crippen molar-refractivity contribution in [1.29, 1.82) is 5.26 Å². The van der Waals surface area contributed by atoms with Gasteiger partial charge >= 0.3 is 6.03 Å². The molecule has 6 heteroatoms. The van der Waals surface area contributed by atoms with E-state index in [-0.39, 0.29) is 17.9 Å². The van der Waals surface area contributed by atoms with Crippen molar-refractivity contribution in [2.24, 2.45) is 17.6 Å². The highest BCUT2D eigenvalue weighted by Crippen LogP contribution is 2.34. The summed E-state index contributed by atoms with van der Waals surface area (Å²) in [5.41, 5.74) is 5.53. The van der Waals surface area contributed by atoms with E-state index in [9.17, 15) is 9.59 Å². The molecule has 2 aliphatic rings. The molecule has 1 aliphatic carbocycles. The number of hydrogen-bond donors (Lipinski definition) is 1. The number of nitrogens with two attached hydrogens (primary N) is 1. The Balaban J connectivity index is 2.18. The molecule has 0 radical (unpaired) electrons. The highest BCUT2D eigenvalue weighted by molar-refractivity contribution is 5.82. The number of amides is 3. The van der Waals surface area contributed by atoms with Gasteiger partial charge in [-0.25, -0.2) is 4.79 Å². The molecule has 1 aliphatic heterocycles. The Morgan fingerprint density at radius 3 is 2.48 bits per heavy atom. The normalized spacial score (nSPS) is 23.8. The van der Waals surface area contributed by atoms with E-state index >= 15 is 0 Å². The summed E-state index contributed by atoms with van der Waals surface area (Å²) in [6, 6.07) is -0.609. The standard InChI is InChI=1S/C17H28N4O2/c1-20(12-18)16(22)14(11-13-7-3-2-4-8-13)15-9-5-6-10-21(15)17(19)23/h13-15H,2-11H2,1H3,(H2,19,23)/t14-,15?/m0/s1. The van der Waals surface area contributed by atoms with E-state index in [1.807, 2.05) is 6.19 Å². The summed E-state index contributed by atoms with van der Waals surface area (Å²) in [6.07, 6.45) is 11.4. The predicted molar refractivity (Wildman–Crippen MR) is 87.0 cm³/mol. The average Bonchev–Trinajstić information content (AvgIpc) is 2.59. The molecule has 128 valence electrons. The van der Waals surface area contributed by atoms with Gasteiger partial charge in [-0.05, 0) is 31.6 Å². The fourth-order valence-electron chi connectivity index (χ4n) is 4.15. The van der Waals surface area contributed by atoms with Crippen molar-refractivity contribution < 1.29 is 9.59 Å². The van der Waals surface area contributed by atoms with Crippen molar-refractivity contribution >= 4 is 11.9 Å². The fraction of sp³-hybridized carbons (Fsp3) is 0.824. The largest absolute Gasteiger partial charge is 0.351 e. The number of primary amides is 1. The molecule has 2 atom stereocenters. The lowest BCUT2D eigenvalue weighted by atomic mass is 9.78. The van der Waals surface area contributed by atoms with E-state index < -0.39 is 6.03 Å². The van der Waals surface area contributed by atoms with Crippen molar-refractivity contribution in [3.8, 4) is 6.19 Å². The van der Waals surface area contributed by atoms with Crippen LogP contribution in [0.15, 0.2) is 0 Å². The second-order valence-corrected chi connectivity index (χ2v) is 6.94. The lowest BCUT2D eigenvalue weighted by Gasteiger charge is -2.40. The summed E-state index contributed by atoms with van der Waals surface area (Å²) in [5, 5.41) is 9.08. The number of hydrogen-bond acceptors (Lipinski definition) is 3. The molecule has 1 saturated heterocycles. The van der Waals surface area contributed by atoms with Crippen LogP contribution in [-0.2, 0) is 4.79 Å². The lowest BCUT2D eigenvalue weighted by Crippen LogP contribution is -2.53. The number of piperidine rings is 1. The molecule has 1 saturated carbocycles. The Hall–Kier alpha value is -1.77. The number of carbonyl (C=O) groups excluding carboxylic acids is 2. The topological polar surface area (TPSA) is 90.4 Å². The minimum absolute atomic E-state index is 0.161. The zero-order valence-corrected chi connectivity index (χ0v) is 14.0. The maximum absolute atomic E-state index is 12.7. The Morgan fingerprint density at radius 1 is 1.22 bits per heavy atom. The first kappa shape index (κ1) is 17.6. The third-order valence-electron chi connectivity index (χ3n) is 5.41. The van der Waals surface area contributed by atoms with Gasteiger partial charge in [-0.3, -0.25) is 9.69 Å². The van der Waals surface area contributed by atoms with Gasteiger partial charge in [0.25, 0.3) is 0 Å². The van der Waals surface area contributed by atoms with Crippen LogP contribution in [-0.4, -0.2) is 41.4 Å². The van der Waals surface area contributed by atoms with Gasteiger partial charge in [-0.2, -0.15) is 5.26 Å². The Morgan fingerprint density at radius 2 is 1.87 bits per heavy atom. The van der Waals surface area contributed by atoms with Crippen LogP contribution < -0.4 is 5.73 Å². The fourth-order valence-corrected chi connectivity index (χ4v) is 4.15. The molecular formula is C17H28N4O2. The highest BCUT2D eigenvalue weighted by Gasteiger charge is 2.38. The molecule has 0 bridgehead atoms. The van der Waals surface area contributed by atoms with Crippen LogP contribution in [0.1, 0.15) is 57.8 Å². The van der Waals surface area contributed by atoms with E-state index in [2.05, 4.69) is 0 Å². The van der Waals surface area contributed by atoms with Crippen molar-refractivity contribution in [2.75, 3.05) is 13.6 Å². The SMILES string of the molecule is CN(C#N)C(=O)[C@@H](CC1CCCCC1)C1CCCCN1C(N)=O. The molecule has 2 fully saturated rings. The molecule has 1 heterocycles. The molecule has 2 N–H and O–H groups in total. The zero-order chi connectivity index (χ0) is 16.8. The third-order valence-corrected chi connectivity index (χ3v) is 5.41. The van der Waals surface area contributed by atoms with Gasteiger partial charge in [0.1, 0.15) is 0 Å². The first-order valence-corrected chi connectivity index (χ1v) is 8.78. The first-order valence-electron chi connectivity index (χ1n) is 8.78. The van der Waals surface area contributed by atoms with Crippen LogP contribution >= 0.6 is 0 Å². The van der Waals surface area contributed by atoms with Crippen molar-refractivity contribution in [2.45, 2.75) is 63.8 Å². The van der Waals surface area contributed by atoms with Gasteiger partial charge in [0.15, 0.2) is 6.19 Å². The first-order chi connectivity index (χ1) is 11.0. The van der Waals surface area contributed by atoms with Crippen LogP contribution in [0.5, 0.6) is 0 Å². The number of nitriles is 1. The van der Waals surface area contributed by atoms with Crippen LogP contribution in [0.25, 0.3) is 0 Å². The van der Waals surface area contributed by atoms with E-state index in [0.717, 1.165) is 43.4 Å². The summed E-state index contributed by atoms with van der Waals surface area (Å²) in [5.74, 6) is 0.0354. The van der Waals surface area contributed by atoms with E-state index in [0.29, 0.717) is 12.5 Å². The van der Waals surface area contributed by atoms with E-state index in [1.54, 1.807) is 4.90 Å². The second-order valence-electron chi connectivity index (χ2n) is 6.94. The summed E-state index contributed by atoms with van der Waals surface area (Å²) in [6.45, 7) is 0.616. The molecule has 6 nitrogen and oxygen atoms in total. The Labute approximate surface area is 138 Å². The minimum Gasteiger partial charge on any atom is -0.351 e. The van der Waals surface area contributed by atoms with Gasteiger partial charge < -0.3 is 10.6 Å². The van der Waals surface area contributed by atoms with Gasteiger partial charge in [-0.15, -0.1) is 0 Å². The van der Waals surface area contributed by atoms with E-state index in [4.69, 9.17) is 11.0 Å². The molecule has 2 rings (SSSR count). The number of carbonyl (C=O) groups is 2. The number of rotatable bonds is 4. The van der Waals surface area contributed by atoms with Crippen LogP contribution in [0.3, 0.4) is 0 Å². The summed E-state index contributed by atoms with van der Waals surface area (Å²) < 4.78 is 0. The highest BCUT2D eigenvalue weighted by atomic mass is 16.2. The summed E-state index contributed by atoms with van der Waals surface area (Å²) >= 11 is 0. The summed E-state index contributed by atoms with van der Waals surface area (Å²) in [4.78, 5) is 27.3. The molecule has 23 heavy (non-hydrogen) atoms. The molecular weight excluding hydrogens is 292 g/mol. The zero-order valence-electron chi connectivity index (χ0n) is 14.0. The van der Waals surface area contributed by atoms with Crippen molar-refractivity contribution in [1.82, 2.24) is 9.80 Å². The Bertz CT molecular complexity index is 468. The van der Waals surface area contributed by atoms with E-state index in [1.165, 1.54) is 26.3 Å². The molecule has 3 amide bonds.